The zero-order valence-corrected chi connectivity index (χ0v) is 11.5. The number of hydrogen-bond donors (Lipinski definition) is 0. The second-order valence-corrected chi connectivity index (χ2v) is 6.01. The summed E-state index contributed by atoms with van der Waals surface area (Å²) in [6, 6.07) is 10.6. The lowest BCUT2D eigenvalue weighted by Crippen LogP contribution is -2.10. The Morgan fingerprint density at radius 3 is 2.56 bits per heavy atom. The van der Waals surface area contributed by atoms with E-state index >= 15 is 0 Å². The van der Waals surface area contributed by atoms with E-state index in [4.69, 9.17) is 12.2 Å². The predicted molar refractivity (Wildman–Crippen MR) is 79.3 cm³/mol. The molecular formula is C14H18S2. The molecule has 0 aromatic heterocycles. The van der Waals surface area contributed by atoms with Gasteiger partial charge in [-0.2, -0.15) is 0 Å². The third-order valence-corrected chi connectivity index (χ3v) is 4.06. The Labute approximate surface area is 108 Å². The van der Waals surface area contributed by atoms with E-state index in [-0.39, 0.29) is 0 Å². The monoisotopic (exact) mass is 250 g/mol. The van der Waals surface area contributed by atoms with E-state index < -0.39 is 0 Å². The molecule has 86 valence electrons. The van der Waals surface area contributed by atoms with Gasteiger partial charge in [0.05, 0.1) is 0 Å². The van der Waals surface area contributed by atoms with Crippen LogP contribution in [-0.4, -0.2) is 9.95 Å². The molecule has 0 saturated carbocycles. The zero-order chi connectivity index (χ0) is 12.0. The number of hydrogen-bond acceptors (Lipinski definition) is 2. The fourth-order valence-corrected chi connectivity index (χ4v) is 2.69. The molecule has 0 aliphatic rings. The van der Waals surface area contributed by atoms with Crippen LogP contribution in [0.15, 0.2) is 43.0 Å². The molecule has 0 bridgehead atoms. The van der Waals surface area contributed by atoms with Crippen molar-refractivity contribution in [1.29, 1.82) is 0 Å². The van der Waals surface area contributed by atoms with Gasteiger partial charge in [-0.05, 0) is 24.3 Å². The summed E-state index contributed by atoms with van der Waals surface area (Å²) in [6.45, 7) is 8.16. The fourth-order valence-electron chi connectivity index (χ4n) is 1.63. The van der Waals surface area contributed by atoms with Crippen LogP contribution in [0.1, 0.15) is 25.3 Å². The Bertz CT molecular complexity index is 343. The molecule has 1 aromatic carbocycles. The first-order valence-electron chi connectivity index (χ1n) is 5.46. The van der Waals surface area contributed by atoms with E-state index in [1.807, 2.05) is 13.0 Å². The summed E-state index contributed by atoms with van der Waals surface area (Å²) >= 11 is 6.84. The lowest BCUT2D eigenvalue weighted by Gasteiger charge is -2.20. The molecule has 0 saturated heterocycles. The standard InChI is InChI=1S/C14H18S2/c1-4-13(10-16-12(3)15)11(2)14-8-6-5-7-9-14/h4-9,11,13H,1,10H2,2-3H3. The van der Waals surface area contributed by atoms with Gasteiger partial charge in [-0.25, -0.2) is 0 Å². The number of allylic oxidation sites excluding steroid dienone is 1. The topological polar surface area (TPSA) is 0 Å². The quantitative estimate of drug-likeness (QED) is 0.550. The van der Waals surface area contributed by atoms with Gasteiger partial charge in [0.15, 0.2) is 0 Å². The van der Waals surface area contributed by atoms with Crippen molar-refractivity contribution in [3.63, 3.8) is 0 Å². The lowest BCUT2D eigenvalue weighted by atomic mass is 9.89. The Kier molecular flexibility index (Phi) is 5.78. The average Bonchev–Trinajstić information content (AvgIpc) is 2.30. The van der Waals surface area contributed by atoms with E-state index in [1.165, 1.54) is 5.56 Å². The molecule has 0 aliphatic carbocycles. The summed E-state index contributed by atoms with van der Waals surface area (Å²) in [4.78, 5) is 0. The van der Waals surface area contributed by atoms with Gasteiger partial charge in [-0.15, -0.1) is 18.3 Å². The molecule has 0 radical (unpaired) electrons. The van der Waals surface area contributed by atoms with Crippen LogP contribution in [0, 0.1) is 5.92 Å². The van der Waals surface area contributed by atoms with Crippen LogP contribution >= 0.6 is 24.0 Å². The van der Waals surface area contributed by atoms with Crippen LogP contribution < -0.4 is 0 Å². The van der Waals surface area contributed by atoms with Gasteiger partial charge in [0, 0.05) is 9.95 Å². The van der Waals surface area contributed by atoms with Gasteiger partial charge in [0.2, 0.25) is 0 Å². The number of rotatable bonds is 5. The molecule has 2 unspecified atom stereocenters. The predicted octanol–water partition coefficient (Wildman–Crippen LogP) is 4.67. The van der Waals surface area contributed by atoms with Crippen LogP contribution in [-0.2, 0) is 0 Å². The lowest BCUT2D eigenvalue weighted by molar-refractivity contribution is 0.602. The number of thioether (sulfide) groups is 1. The summed E-state index contributed by atoms with van der Waals surface area (Å²) in [7, 11) is 0. The molecule has 0 spiro atoms. The van der Waals surface area contributed by atoms with Crippen molar-refractivity contribution in [2.75, 3.05) is 5.75 Å². The molecular weight excluding hydrogens is 232 g/mol. The molecule has 2 heteroatoms. The van der Waals surface area contributed by atoms with Gasteiger partial charge in [0.25, 0.3) is 0 Å². The first-order valence-corrected chi connectivity index (χ1v) is 6.85. The van der Waals surface area contributed by atoms with E-state index in [1.54, 1.807) is 11.8 Å². The van der Waals surface area contributed by atoms with Crippen LogP contribution in [0.2, 0.25) is 0 Å². The summed E-state index contributed by atoms with van der Waals surface area (Å²) in [5.74, 6) is 2.00. The highest BCUT2D eigenvalue weighted by Gasteiger charge is 2.15. The zero-order valence-electron chi connectivity index (χ0n) is 9.85. The van der Waals surface area contributed by atoms with Gasteiger partial charge in [-0.1, -0.05) is 55.5 Å². The third kappa shape index (κ3) is 4.11. The molecule has 1 rings (SSSR count). The minimum atomic E-state index is 0.477. The second kappa shape index (κ2) is 6.87. The van der Waals surface area contributed by atoms with Gasteiger partial charge >= 0.3 is 0 Å². The fraction of sp³-hybridized carbons (Fsp3) is 0.357. The van der Waals surface area contributed by atoms with Gasteiger partial charge in [-0.3, -0.25) is 0 Å². The first-order chi connectivity index (χ1) is 7.65. The second-order valence-electron chi connectivity index (χ2n) is 3.90. The first kappa shape index (κ1) is 13.5. The average molecular weight is 250 g/mol. The number of benzene rings is 1. The maximum absolute atomic E-state index is 5.09. The summed E-state index contributed by atoms with van der Waals surface area (Å²) in [5, 5.41) is 0. The molecule has 16 heavy (non-hydrogen) atoms. The van der Waals surface area contributed by atoms with Crippen molar-refractivity contribution in [2.24, 2.45) is 5.92 Å². The molecule has 0 amide bonds. The van der Waals surface area contributed by atoms with Crippen LogP contribution in [0.3, 0.4) is 0 Å². The Balaban J connectivity index is 2.66. The van der Waals surface area contributed by atoms with Crippen molar-refractivity contribution in [1.82, 2.24) is 0 Å². The molecule has 2 atom stereocenters. The smallest absolute Gasteiger partial charge is 0.0447 e. The molecule has 0 fully saturated rings. The maximum atomic E-state index is 5.09. The van der Waals surface area contributed by atoms with Crippen LogP contribution in [0.25, 0.3) is 0 Å². The van der Waals surface area contributed by atoms with Gasteiger partial charge < -0.3 is 0 Å². The van der Waals surface area contributed by atoms with Crippen molar-refractivity contribution >= 4 is 28.2 Å². The molecule has 0 N–H and O–H groups in total. The van der Waals surface area contributed by atoms with E-state index in [9.17, 15) is 0 Å². The SMILES string of the molecule is C=CC(CSC(C)=S)C(C)c1ccccc1. The molecule has 0 aliphatic heterocycles. The summed E-state index contributed by atoms with van der Waals surface area (Å²) in [5.41, 5.74) is 1.37. The van der Waals surface area contributed by atoms with Crippen molar-refractivity contribution in [3.8, 4) is 0 Å². The van der Waals surface area contributed by atoms with E-state index in [0.717, 1.165) is 9.95 Å². The minimum absolute atomic E-state index is 0.477. The van der Waals surface area contributed by atoms with Crippen LogP contribution in [0.4, 0.5) is 0 Å². The normalized spacial score (nSPS) is 14.1. The van der Waals surface area contributed by atoms with Crippen molar-refractivity contribution in [2.45, 2.75) is 19.8 Å². The largest absolute Gasteiger partial charge is 0.119 e. The Morgan fingerprint density at radius 2 is 2.06 bits per heavy atom. The Hall–Kier alpha value is -0.600. The van der Waals surface area contributed by atoms with Crippen LogP contribution in [0.5, 0.6) is 0 Å². The highest BCUT2D eigenvalue weighted by molar-refractivity contribution is 8.23. The Morgan fingerprint density at radius 1 is 1.44 bits per heavy atom. The third-order valence-electron chi connectivity index (χ3n) is 2.75. The van der Waals surface area contributed by atoms with Crippen molar-refractivity contribution in [3.05, 3.63) is 48.6 Å². The molecule has 0 heterocycles. The summed E-state index contributed by atoms with van der Waals surface area (Å²) in [6.07, 6.45) is 2.04. The van der Waals surface area contributed by atoms with Gasteiger partial charge in [0.1, 0.15) is 0 Å². The highest BCUT2D eigenvalue weighted by atomic mass is 32.2. The number of thiocarbonyl (C=S) groups is 1. The van der Waals surface area contributed by atoms with E-state index in [0.29, 0.717) is 11.8 Å². The van der Waals surface area contributed by atoms with Crippen molar-refractivity contribution < 1.29 is 0 Å². The summed E-state index contributed by atoms with van der Waals surface area (Å²) < 4.78 is 1.01. The minimum Gasteiger partial charge on any atom is -0.119 e. The highest BCUT2D eigenvalue weighted by Crippen LogP contribution is 2.28. The molecule has 0 nitrogen and oxygen atoms in total. The van der Waals surface area contributed by atoms with E-state index in [2.05, 4.69) is 43.8 Å². The molecule has 1 aromatic rings. The maximum Gasteiger partial charge on any atom is 0.0447 e.